The number of hydrogen-bond donors (Lipinski definition) is 5. The largest absolute Gasteiger partial charge is 0.395 e. The number of β-amino-alcohol motifs (C(OH)–C–C–N with tert-alkyl or cyclic N) is 1. The second-order valence-electron chi connectivity index (χ2n) is 8.28. The number of hydrogen-bond acceptors (Lipinski definition) is 7. The fourth-order valence-corrected chi connectivity index (χ4v) is 4.14. The molecule has 4 rings (SSSR count). The molecule has 2 aliphatic heterocycles. The number of rotatable bonds is 9. The van der Waals surface area contributed by atoms with Crippen molar-refractivity contribution in [2.24, 2.45) is 5.73 Å². The van der Waals surface area contributed by atoms with E-state index in [1.54, 1.807) is 6.20 Å². The van der Waals surface area contributed by atoms with Crippen molar-refractivity contribution in [1.82, 2.24) is 15.5 Å². The number of aliphatic hydroxyl groups is 1. The first-order chi connectivity index (χ1) is 16.1. The fraction of sp³-hybridized carbons (Fsp3) is 0.320. The van der Waals surface area contributed by atoms with Crippen molar-refractivity contribution in [3.8, 4) is 0 Å². The van der Waals surface area contributed by atoms with Crippen LogP contribution in [0.2, 0.25) is 0 Å². The molecule has 0 aromatic heterocycles. The average molecular weight is 449 g/mol. The lowest BCUT2D eigenvalue weighted by molar-refractivity contribution is -0.114. The van der Waals surface area contributed by atoms with Crippen molar-refractivity contribution in [2.75, 3.05) is 43.1 Å². The van der Waals surface area contributed by atoms with Gasteiger partial charge in [0.1, 0.15) is 6.17 Å². The van der Waals surface area contributed by atoms with Crippen LogP contribution in [0.5, 0.6) is 0 Å². The van der Waals surface area contributed by atoms with E-state index >= 15 is 0 Å². The molecule has 1 atom stereocenters. The Morgan fingerprint density at radius 1 is 1.12 bits per heavy atom. The number of nitrogens with zero attached hydrogens (tertiary/aromatic N) is 2. The van der Waals surface area contributed by atoms with Crippen LogP contribution in [0.15, 0.2) is 78.1 Å². The molecule has 8 heteroatoms. The maximum atomic E-state index is 11.9. The second-order valence-corrected chi connectivity index (χ2v) is 8.28. The van der Waals surface area contributed by atoms with Crippen molar-refractivity contribution >= 4 is 17.3 Å². The Labute approximate surface area is 194 Å². The van der Waals surface area contributed by atoms with Gasteiger partial charge in [-0.1, -0.05) is 30.3 Å². The molecule has 1 unspecified atom stereocenters. The summed E-state index contributed by atoms with van der Waals surface area (Å²) in [5.41, 5.74) is 9.96. The van der Waals surface area contributed by atoms with Crippen molar-refractivity contribution in [3.05, 3.63) is 83.7 Å². The first-order valence-corrected chi connectivity index (χ1v) is 11.3. The topological polar surface area (TPSA) is 106 Å². The molecule has 1 saturated heterocycles. The van der Waals surface area contributed by atoms with Gasteiger partial charge < -0.3 is 31.7 Å². The van der Waals surface area contributed by atoms with Crippen molar-refractivity contribution in [3.63, 3.8) is 0 Å². The summed E-state index contributed by atoms with van der Waals surface area (Å²) in [6, 6.07) is 18.3. The van der Waals surface area contributed by atoms with Gasteiger partial charge in [0, 0.05) is 49.5 Å². The highest BCUT2D eigenvalue weighted by Crippen LogP contribution is 2.22. The monoisotopic (exact) mass is 448 g/mol. The average Bonchev–Trinajstić information content (AvgIpc) is 2.84. The highest BCUT2D eigenvalue weighted by Gasteiger charge is 2.20. The smallest absolute Gasteiger partial charge is 0.252 e. The molecule has 1 fully saturated rings. The minimum absolute atomic E-state index is 0.187. The van der Waals surface area contributed by atoms with E-state index in [0.717, 1.165) is 43.1 Å². The lowest BCUT2D eigenvalue weighted by atomic mass is 10.1. The fourth-order valence-electron chi connectivity index (χ4n) is 4.14. The predicted octanol–water partition coefficient (Wildman–Crippen LogP) is 1.53. The number of nitrogens with two attached hydrogens (primary N) is 1. The van der Waals surface area contributed by atoms with Gasteiger partial charge in [-0.25, -0.2) is 0 Å². The van der Waals surface area contributed by atoms with E-state index in [9.17, 15) is 9.90 Å². The molecule has 6 N–H and O–H groups in total. The van der Waals surface area contributed by atoms with Crippen molar-refractivity contribution in [1.29, 1.82) is 0 Å². The molecule has 2 heterocycles. The number of dihydropyridines is 1. The lowest BCUT2D eigenvalue weighted by Crippen LogP contribution is -2.45. The van der Waals surface area contributed by atoms with Gasteiger partial charge in [0.15, 0.2) is 0 Å². The molecule has 33 heavy (non-hydrogen) atoms. The van der Waals surface area contributed by atoms with E-state index < -0.39 is 5.91 Å². The summed E-state index contributed by atoms with van der Waals surface area (Å²) in [4.78, 5) is 16.5. The SMILES string of the molecule is NC(=O)C1=CNC(Nc2ccc(N3CCCN(CCO)C3)cc2)C=C1NCc1ccccc1. The van der Waals surface area contributed by atoms with Gasteiger partial charge in [0.25, 0.3) is 5.91 Å². The summed E-state index contributed by atoms with van der Waals surface area (Å²) in [6.45, 7) is 4.36. The zero-order valence-corrected chi connectivity index (χ0v) is 18.7. The summed E-state index contributed by atoms with van der Waals surface area (Å²) < 4.78 is 0. The summed E-state index contributed by atoms with van der Waals surface area (Å²) in [5, 5.41) is 19.2. The number of amides is 1. The van der Waals surface area contributed by atoms with Gasteiger partial charge in [-0.05, 0) is 42.3 Å². The summed E-state index contributed by atoms with van der Waals surface area (Å²) in [5.74, 6) is -0.478. The van der Waals surface area contributed by atoms with Gasteiger partial charge >= 0.3 is 0 Å². The number of aliphatic hydroxyl groups excluding tert-OH is 1. The number of carbonyl (C=O) groups excluding carboxylic acids is 1. The number of carbonyl (C=O) groups is 1. The summed E-state index contributed by atoms with van der Waals surface area (Å²) in [6.07, 6.45) is 4.50. The van der Waals surface area contributed by atoms with E-state index in [2.05, 4.69) is 50.0 Å². The first kappa shape index (κ1) is 22.7. The normalized spacial score (nSPS) is 18.7. The molecule has 0 spiro atoms. The van der Waals surface area contributed by atoms with Crippen LogP contribution in [0, 0.1) is 0 Å². The van der Waals surface area contributed by atoms with Crippen LogP contribution in [0.4, 0.5) is 11.4 Å². The minimum atomic E-state index is -0.478. The molecule has 174 valence electrons. The molecule has 2 aromatic rings. The number of primary amides is 1. The quantitative estimate of drug-likeness (QED) is 0.396. The molecule has 0 aliphatic carbocycles. The van der Waals surface area contributed by atoms with Crippen LogP contribution in [-0.2, 0) is 11.3 Å². The molecular formula is C25H32N6O2. The molecule has 1 amide bonds. The Bertz CT molecular complexity index is 988. The lowest BCUT2D eigenvalue weighted by Gasteiger charge is -2.36. The molecule has 2 aromatic carbocycles. The Morgan fingerprint density at radius 2 is 1.91 bits per heavy atom. The third-order valence-electron chi connectivity index (χ3n) is 5.87. The highest BCUT2D eigenvalue weighted by molar-refractivity contribution is 5.96. The van der Waals surface area contributed by atoms with Crippen LogP contribution < -0.4 is 26.6 Å². The number of anilines is 2. The highest BCUT2D eigenvalue weighted by atomic mass is 16.3. The second kappa shape index (κ2) is 10.9. The van der Waals surface area contributed by atoms with Crippen molar-refractivity contribution in [2.45, 2.75) is 19.1 Å². The molecule has 2 aliphatic rings. The number of nitrogens with one attached hydrogen (secondary N) is 3. The van der Waals surface area contributed by atoms with E-state index in [1.807, 2.05) is 36.4 Å². The standard InChI is InChI=1S/C25H32N6O2/c26-25(33)22-17-28-24(15-23(22)27-16-19-5-2-1-3-6-19)29-20-7-9-21(10-8-20)31-12-4-11-30(18-31)13-14-32/h1-3,5-10,15,17,24,27-29,32H,4,11-14,16,18H2,(H2,26,33). The molecule has 0 bridgehead atoms. The molecule has 0 saturated carbocycles. The van der Waals surface area contributed by atoms with Gasteiger partial charge in [-0.3, -0.25) is 9.69 Å². The van der Waals surface area contributed by atoms with E-state index in [0.29, 0.717) is 24.4 Å². The molecular weight excluding hydrogens is 416 g/mol. The molecule has 0 radical (unpaired) electrons. The van der Waals surface area contributed by atoms with Crippen LogP contribution in [0.25, 0.3) is 0 Å². The van der Waals surface area contributed by atoms with Gasteiger partial charge in [0.05, 0.1) is 18.8 Å². The van der Waals surface area contributed by atoms with Crippen LogP contribution in [-0.4, -0.2) is 55.0 Å². The Kier molecular flexibility index (Phi) is 7.49. The predicted molar refractivity (Wildman–Crippen MR) is 131 cm³/mol. The van der Waals surface area contributed by atoms with Gasteiger partial charge in [-0.2, -0.15) is 0 Å². The van der Waals surface area contributed by atoms with E-state index in [1.165, 1.54) is 0 Å². The zero-order chi connectivity index (χ0) is 23.0. The van der Waals surface area contributed by atoms with Crippen LogP contribution in [0.1, 0.15) is 12.0 Å². The Morgan fingerprint density at radius 3 is 2.64 bits per heavy atom. The zero-order valence-electron chi connectivity index (χ0n) is 18.7. The van der Waals surface area contributed by atoms with Crippen LogP contribution in [0.3, 0.4) is 0 Å². The summed E-state index contributed by atoms with van der Waals surface area (Å²) in [7, 11) is 0. The van der Waals surface area contributed by atoms with Gasteiger partial charge in [-0.15, -0.1) is 0 Å². The van der Waals surface area contributed by atoms with E-state index in [4.69, 9.17) is 5.73 Å². The van der Waals surface area contributed by atoms with Crippen molar-refractivity contribution < 1.29 is 9.90 Å². The first-order valence-electron chi connectivity index (χ1n) is 11.3. The third kappa shape index (κ3) is 6.06. The Balaban J connectivity index is 1.39. The Hall–Kier alpha value is -3.49. The van der Waals surface area contributed by atoms with E-state index in [-0.39, 0.29) is 12.8 Å². The summed E-state index contributed by atoms with van der Waals surface area (Å²) >= 11 is 0. The number of benzene rings is 2. The van der Waals surface area contributed by atoms with Crippen LogP contribution >= 0.6 is 0 Å². The minimum Gasteiger partial charge on any atom is -0.395 e. The maximum absolute atomic E-state index is 11.9. The molecule has 8 nitrogen and oxygen atoms in total. The third-order valence-corrected chi connectivity index (χ3v) is 5.87. The maximum Gasteiger partial charge on any atom is 0.252 e. The van der Waals surface area contributed by atoms with Gasteiger partial charge in [0.2, 0.25) is 0 Å².